The summed E-state index contributed by atoms with van der Waals surface area (Å²) < 4.78 is 7.77. The third-order valence-electron chi connectivity index (χ3n) is 3.97. The predicted molar refractivity (Wildman–Crippen MR) is 77.0 cm³/mol. The summed E-state index contributed by atoms with van der Waals surface area (Å²) in [6.45, 7) is 6.18. The van der Waals surface area contributed by atoms with Gasteiger partial charge in [0.1, 0.15) is 5.82 Å². The molecule has 1 heterocycles. The van der Waals surface area contributed by atoms with E-state index in [1.807, 2.05) is 12.4 Å². The fraction of sp³-hybridized carbons (Fsp3) is 0.800. The highest BCUT2D eigenvalue weighted by Crippen LogP contribution is 2.36. The van der Waals surface area contributed by atoms with E-state index in [9.17, 15) is 0 Å². The first-order valence-corrected chi connectivity index (χ1v) is 7.56. The molecule has 1 unspecified atom stereocenters. The lowest BCUT2D eigenvalue weighted by atomic mass is 9.78. The molecule has 1 aliphatic rings. The van der Waals surface area contributed by atoms with Crippen LogP contribution in [-0.4, -0.2) is 28.8 Å². The second kappa shape index (κ2) is 7.06. The van der Waals surface area contributed by atoms with Crippen molar-refractivity contribution in [2.24, 2.45) is 13.0 Å². The summed E-state index contributed by atoms with van der Waals surface area (Å²) >= 11 is 0. The Morgan fingerprint density at radius 3 is 2.84 bits per heavy atom. The number of aryl methyl sites for hydroxylation is 1. The van der Waals surface area contributed by atoms with Crippen LogP contribution in [0, 0.1) is 5.92 Å². The standard InChI is InChI=1S/C15H27N3O/c1-4-6-16-14(15-17-7-8-18(15)3)11-12-9-13(10-12)19-5-2/h7-8,12-14,16H,4-6,9-11H2,1-3H3. The predicted octanol–water partition coefficient (Wildman–Crippen LogP) is 2.67. The van der Waals surface area contributed by atoms with Crippen molar-refractivity contribution in [2.75, 3.05) is 13.2 Å². The minimum absolute atomic E-state index is 0.382. The van der Waals surface area contributed by atoms with Crippen molar-refractivity contribution in [1.29, 1.82) is 0 Å². The van der Waals surface area contributed by atoms with E-state index in [2.05, 4.69) is 35.8 Å². The van der Waals surface area contributed by atoms with Crippen molar-refractivity contribution in [1.82, 2.24) is 14.9 Å². The van der Waals surface area contributed by atoms with E-state index in [0.29, 0.717) is 12.1 Å². The van der Waals surface area contributed by atoms with Crippen LogP contribution < -0.4 is 5.32 Å². The van der Waals surface area contributed by atoms with Crippen LogP contribution in [0.2, 0.25) is 0 Å². The summed E-state index contributed by atoms with van der Waals surface area (Å²) in [5.74, 6) is 1.94. The van der Waals surface area contributed by atoms with E-state index in [0.717, 1.165) is 31.3 Å². The first-order chi connectivity index (χ1) is 9.24. The van der Waals surface area contributed by atoms with Gasteiger partial charge in [0.15, 0.2) is 0 Å². The SMILES string of the molecule is CCCNC(CC1CC(OCC)C1)c1nccn1C. The monoisotopic (exact) mass is 265 g/mol. The Hall–Kier alpha value is -0.870. The normalized spacial score (nSPS) is 24.2. The van der Waals surface area contributed by atoms with Crippen molar-refractivity contribution in [3.05, 3.63) is 18.2 Å². The fourth-order valence-corrected chi connectivity index (χ4v) is 2.88. The number of aromatic nitrogens is 2. The lowest BCUT2D eigenvalue weighted by Gasteiger charge is -2.37. The van der Waals surface area contributed by atoms with Gasteiger partial charge < -0.3 is 14.6 Å². The van der Waals surface area contributed by atoms with Crippen molar-refractivity contribution < 1.29 is 4.74 Å². The van der Waals surface area contributed by atoms with E-state index in [1.165, 1.54) is 19.3 Å². The molecule has 1 aliphatic carbocycles. The van der Waals surface area contributed by atoms with E-state index in [1.54, 1.807) is 0 Å². The van der Waals surface area contributed by atoms with E-state index < -0.39 is 0 Å². The minimum Gasteiger partial charge on any atom is -0.378 e. The molecular weight excluding hydrogens is 238 g/mol. The van der Waals surface area contributed by atoms with Gasteiger partial charge in [-0.15, -0.1) is 0 Å². The van der Waals surface area contributed by atoms with Gasteiger partial charge in [0.25, 0.3) is 0 Å². The maximum atomic E-state index is 5.64. The Balaban J connectivity index is 1.87. The lowest BCUT2D eigenvalue weighted by molar-refractivity contribution is -0.0294. The molecule has 1 saturated carbocycles. The minimum atomic E-state index is 0.382. The summed E-state index contributed by atoms with van der Waals surface area (Å²) in [7, 11) is 2.08. The largest absolute Gasteiger partial charge is 0.378 e. The molecule has 1 atom stereocenters. The third-order valence-corrected chi connectivity index (χ3v) is 3.97. The summed E-state index contributed by atoms with van der Waals surface area (Å²) in [4.78, 5) is 4.51. The van der Waals surface area contributed by atoms with Crippen molar-refractivity contribution in [3.8, 4) is 0 Å². The highest BCUT2D eigenvalue weighted by Gasteiger charge is 2.32. The molecule has 1 aromatic rings. The Morgan fingerprint density at radius 2 is 2.26 bits per heavy atom. The van der Waals surface area contributed by atoms with Crippen LogP contribution in [0.25, 0.3) is 0 Å². The number of nitrogens with zero attached hydrogens (tertiary/aromatic N) is 2. The second-order valence-corrected chi connectivity index (χ2v) is 5.55. The summed E-state index contributed by atoms with van der Waals surface area (Å²) in [6.07, 6.45) is 9.18. The van der Waals surface area contributed by atoms with Gasteiger partial charge in [0.05, 0.1) is 12.1 Å². The third kappa shape index (κ3) is 3.80. The Labute approximate surface area is 116 Å². The average Bonchev–Trinajstić information content (AvgIpc) is 2.77. The highest BCUT2D eigenvalue weighted by atomic mass is 16.5. The van der Waals surface area contributed by atoms with Gasteiger partial charge in [0, 0.05) is 26.0 Å². The van der Waals surface area contributed by atoms with Crippen LogP contribution in [0.15, 0.2) is 12.4 Å². The molecule has 0 amide bonds. The van der Waals surface area contributed by atoms with Crippen LogP contribution in [0.1, 0.15) is 51.4 Å². The zero-order valence-corrected chi connectivity index (χ0v) is 12.4. The van der Waals surface area contributed by atoms with Crippen LogP contribution in [-0.2, 0) is 11.8 Å². The quantitative estimate of drug-likeness (QED) is 0.785. The molecule has 1 aromatic heterocycles. The van der Waals surface area contributed by atoms with Gasteiger partial charge in [-0.1, -0.05) is 6.92 Å². The number of nitrogens with one attached hydrogen (secondary N) is 1. The highest BCUT2D eigenvalue weighted by molar-refractivity contribution is 5.00. The molecule has 0 aromatic carbocycles. The maximum Gasteiger partial charge on any atom is 0.125 e. The molecule has 0 saturated heterocycles. The Kier molecular flexibility index (Phi) is 5.40. The molecule has 108 valence electrons. The Bertz CT molecular complexity index is 371. The van der Waals surface area contributed by atoms with Gasteiger partial charge >= 0.3 is 0 Å². The number of ether oxygens (including phenoxy) is 1. The summed E-state index contributed by atoms with van der Waals surface area (Å²) in [5.41, 5.74) is 0. The van der Waals surface area contributed by atoms with Gasteiger partial charge in [-0.05, 0) is 45.1 Å². The van der Waals surface area contributed by atoms with Crippen LogP contribution >= 0.6 is 0 Å². The van der Waals surface area contributed by atoms with Gasteiger partial charge in [0.2, 0.25) is 0 Å². The first kappa shape index (κ1) is 14.5. The number of rotatable bonds is 8. The Morgan fingerprint density at radius 1 is 1.47 bits per heavy atom. The molecule has 0 aliphatic heterocycles. The molecule has 4 heteroatoms. The zero-order chi connectivity index (χ0) is 13.7. The van der Waals surface area contributed by atoms with Crippen LogP contribution in [0.4, 0.5) is 0 Å². The molecule has 0 radical (unpaired) electrons. The molecule has 19 heavy (non-hydrogen) atoms. The number of hydrogen-bond acceptors (Lipinski definition) is 3. The first-order valence-electron chi connectivity index (χ1n) is 7.56. The maximum absolute atomic E-state index is 5.64. The van der Waals surface area contributed by atoms with Crippen molar-refractivity contribution >= 4 is 0 Å². The zero-order valence-electron chi connectivity index (χ0n) is 12.4. The number of hydrogen-bond donors (Lipinski definition) is 1. The van der Waals surface area contributed by atoms with Gasteiger partial charge in [-0.25, -0.2) is 4.98 Å². The second-order valence-electron chi connectivity index (χ2n) is 5.55. The number of imidazole rings is 1. The van der Waals surface area contributed by atoms with Crippen LogP contribution in [0.5, 0.6) is 0 Å². The molecule has 2 rings (SSSR count). The van der Waals surface area contributed by atoms with Crippen LogP contribution in [0.3, 0.4) is 0 Å². The van der Waals surface area contributed by atoms with Gasteiger partial charge in [-0.3, -0.25) is 0 Å². The van der Waals surface area contributed by atoms with Gasteiger partial charge in [-0.2, -0.15) is 0 Å². The van der Waals surface area contributed by atoms with E-state index in [-0.39, 0.29) is 0 Å². The van der Waals surface area contributed by atoms with E-state index in [4.69, 9.17) is 4.74 Å². The molecule has 0 bridgehead atoms. The molecule has 4 nitrogen and oxygen atoms in total. The molecule has 1 fully saturated rings. The molecular formula is C15H27N3O. The fourth-order valence-electron chi connectivity index (χ4n) is 2.88. The topological polar surface area (TPSA) is 39.1 Å². The smallest absolute Gasteiger partial charge is 0.125 e. The van der Waals surface area contributed by atoms with Crippen molar-refractivity contribution in [2.45, 2.75) is 51.7 Å². The van der Waals surface area contributed by atoms with E-state index >= 15 is 0 Å². The molecule has 1 N–H and O–H groups in total. The summed E-state index contributed by atoms with van der Waals surface area (Å²) in [5, 5.41) is 3.63. The lowest BCUT2D eigenvalue weighted by Crippen LogP contribution is -2.35. The van der Waals surface area contributed by atoms with Crippen molar-refractivity contribution in [3.63, 3.8) is 0 Å². The average molecular weight is 265 g/mol. The molecule has 0 spiro atoms. The summed E-state index contributed by atoms with van der Waals surface area (Å²) in [6, 6.07) is 0.382.